The topological polar surface area (TPSA) is 75.6 Å². The number of hydrogen-bond acceptors (Lipinski definition) is 3. The van der Waals surface area contributed by atoms with Gasteiger partial charge in [0.05, 0.1) is 19.4 Å². The molecular weight excluding hydrogens is 344 g/mol. The molecule has 0 aromatic heterocycles. The van der Waals surface area contributed by atoms with E-state index in [2.05, 4.69) is 5.32 Å². The van der Waals surface area contributed by atoms with Crippen LogP contribution >= 0.6 is 0 Å². The summed E-state index contributed by atoms with van der Waals surface area (Å²) < 4.78 is 31.7. The Balaban J connectivity index is 1.97. The fourth-order valence-corrected chi connectivity index (χ4v) is 2.52. The molecule has 1 atom stereocenters. The van der Waals surface area contributed by atoms with Crippen LogP contribution in [0.15, 0.2) is 42.5 Å². The van der Waals surface area contributed by atoms with Crippen LogP contribution < -0.4 is 10.1 Å². The minimum atomic E-state index is -1.07. The van der Waals surface area contributed by atoms with Gasteiger partial charge >= 0.3 is 5.97 Å². The molecule has 0 spiro atoms. The molecule has 1 unspecified atom stereocenters. The maximum absolute atomic E-state index is 13.6. The van der Waals surface area contributed by atoms with E-state index in [4.69, 9.17) is 4.74 Å². The van der Waals surface area contributed by atoms with Gasteiger partial charge in [-0.3, -0.25) is 9.59 Å². The second-order valence-corrected chi connectivity index (χ2v) is 5.77. The monoisotopic (exact) mass is 363 g/mol. The average molecular weight is 363 g/mol. The number of benzene rings is 2. The normalized spacial score (nSPS) is 11.7. The first-order valence-electron chi connectivity index (χ1n) is 7.96. The number of para-hydroxylation sites is 1. The molecule has 0 radical (unpaired) electrons. The molecule has 2 aromatic carbocycles. The first kappa shape index (κ1) is 19.4. The third kappa shape index (κ3) is 5.27. The number of carbonyl (C=O) groups is 2. The lowest BCUT2D eigenvalue weighted by molar-refractivity contribution is -0.141. The van der Waals surface area contributed by atoms with Gasteiger partial charge in [0, 0.05) is 12.6 Å². The van der Waals surface area contributed by atoms with E-state index < -0.39 is 29.4 Å². The summed E-state index contributed by atoms with van der Waals surface area (Å²) in [5.41, 5.74) is 0.752. The van der Waals surface area contributed by atoms with Gasteiger partial charge in [-0.1, -0.05) is 24.3 Å². The number of methoxy groups -OCH3 is 1. The van der Waals surface area contributed by atoms with Crippen molar-refractivity contribution in [2.24, 2.45) is 5.92 Å². The van der Waals surface area contributed by atoms with Crippen molar-refractivity contribution >= 4 is 11.9 Å². The maximum atomic E-state index is 13.6. The zero-order chi connectivity index (χ0) is 19.1. The van der Waals surface area contributed by atoms with E-state index in [0.717, 1.165) is 6.07 Å². The highest BCUT2D eigenvalue weighted by atomic mass is 19.1. The zero-order valence-electron chi connectivity index (χ0n) is 14.2. The molecule has 0 saturated heterocycles. The number of halogens is 2. The molecule has 2 aromatic rings. The number of carboxylic acids is 1. The highest BCUT2D eigenvalue weighted by Crippen LogP contribution is 2.21. The van der Waals surface area contributed by atoms with Gasteiger partial charge in [-0.05, 0) is 29.7 Å². The second-order valence-electron chi connectivity index (χ2n) is 5.77. The molecule has 138 valence electrons. The Morgan fingerprint density at radius 2 is 1.88 bits per heavy atom. The summed E-state index contributed by atoms with van der Waals surface area (Å²) in [4.78, 5) is 23.4. The van der Waals surface area contributed by atoms with Crippen molar-refractivity contribution in [3.8, 4) is 5.75 Å². The average Bonchev–Trinajstić information content (AvgIpc) is 2.61. The van der Waals surface area contributed by atoms with Gasteiger partial charge < -0.3 is 15.2 Å². The van der Waals surface area contributed by atoms with Gasteiger partial charge in [0.15, 0.2) is 0 Å². The Kier molecular flexibility index (Phi) is 6.66. The molecule has 1 amide bonds. The van der Waals surface area contributed by atoms with Crippen LogP contribution in [0.1, 0.15) is 11.1 Å². The van der Waals surface area contributed by atoms with Crippen molar-refractivity contribution in [1.82, 2.24) is 5.32 Å². The lowest BCUT2D eigenvalue weighted by Gasteiger charge is -2.15. The Morgan fingerprint density at radius 3 is 2.54 bits per heavy atom. The SMILES string of the molecule is COc1ccccc1CC(CNC(=O)Cc1ccc(F)cc1F)C(=O)O. The first-order chi connectivity index (χ1) is 12.4. The summed E-state index contributed by atoms with van der Waals surface area (Å²) in [6, 6.07) is 9.98. The zero-order valence-corrected chi connectivity index (χ0v) is 14.2. The molecule has 0 bridgehead atoms. The van der Waals surface area contributed by atoms with E-state index in [1.54, 1.807) is 24.3 Å². The molecule has 0 aliphatic rings. The smallest absolute Gasteiger partial charge is 0.308 e. The number of ether oxygens (including phenoxy) is 1. The van der Waals surface area contributed by atoms with Crippen LogP contribution in [-0.2, 0) is 22.4 Å². The fraction of sp³-hybridized carbons (Fsp3) is 0.263. The van der Waals surface area contributed by atoms with Crippen LogP contribution in [0.25, 0.3) is 0 Å². The number of amides is 1. The summed E-state index contributed by atoms with van der Waals surface area (Å²) >= 11 is 0. The van der Waals surface area contributed by atoms with Crippen molar-refractivity contribution in [3.63, 3.8) is 0 Å². The van der Waals surface area contributed by atoms with Crippen molar-refractivity contribution in [3.05, 3.63) is 65.2 Å². The lowest BCUT2D eigenvalue weighted by Crippen LogP contribution is -2.35. The summed E-state index contributed by atoms with van der Waals surface area (Å²) in [7, 11) is 1.49. The standard InChI is InChI=1S/C19H19F2NO4/c1-26-17-5-3-2-4-13(17)8-14(19(24)25)11-22-18(23)9-12-6-7-15(20)10-16(12)21/h2-7,10,14H,8-9,11H2,1H3,(H,22,23)(H,24,25). The van der Waals surface area contributed by atoms with Crippen LogP contribution in [0.5, 0.6) is 5.75 Å². The van der Waals surface area contributed by atoms with Crippen molar-refractivity contribution in [2.75, 3.05) is 13.7 Å². The number of carboxylic acid groups (broad SMARTS) is 1. The fourth-order valence-electron chi connectivity index (χ4n) is 2.52. The predicted octanol–water partition coefficient (Wildman–Crippen LogP) is 2.58. The number of hydrogen-bond donors (Lipinski definition) is 2. The molecule has 2 rings (SSSR count). The van der Waals surface area contributed by atoms with Crippen LogP contribution in [0, 0.1) is 17.6 Å². The van der Waals surface area contributed by atoms with Gasteiger partial charge in [0.25, 0.3) is 0 Å². The van der Waals surface area contributed by atoms with Gasteiger partial charge in [0.1, 0.15) is 17.4 Å². The van der Waals surface area contributed by atoms with Gasteiger partial charge in [-0.15, -0.1) is 0 Å². The first-order valence-corrected chi connectivity index (χ1v) is 7.96. The highest BCUT2D eigenvalue weighted by Gasteiger charge is 2.21. The molecule has 0 fully saturated rings. The molecule has 0 saturated carbocycles. The van der Waals surface area contributed by atoms with E-state index >= 15 is 0 Å². The van der Waals surface area contributed by atoms with Crippen LogP contribution in [0.2, 0.25) is 0 Å². The largest absolute Gasteiger partial charge is 0.496 e. The number of carbonyl (C=O) groups excluding carboxylic acids is 1. The number of nitrogens with one attached hydrogen (secondary N) is 1. The van der Waals surface area contributed by atoms with E-state index in [9.17, 15) is 23.5 Å². The van der Waals surface area contributed by atoms with E-state index in [1.807, 2.05) is 0 Å². The predicted molar refractivity (Wildman–Crippen MR) is 90.9 cm³/mol. The summed E-state index contributed by atoms with van der Waals surface area (Å²) in [6.45, 7) is -0.116. The van der Waals surface area contributed by atoms with E-state index in [0.29, 0.717) is 17.4 Å². The highest BCUT2D eigenvalue weighted by molar-refractivity contribution is 5.79. The van der Waals surface area contributed by atoms with Crippen LogP contribution in [0.4, 0.5) is 8.78 Å². The Morgan fingerprint density at radius 1 is 1.15 bits per heavy atom. The minimum absolute atomic E-state index is 0.0421. The molecule has 7 heteroatoms. The second kappa shape index (κ2) is 8.94. The lowest BCUT2D eigenvalue weighted by atomic mass is 9.98. The molecule has 26 heavy (non-hydrogen) atoms. The van der Waals surface area contributed by atoms with Crippen LogP contribution in [-0.4, -0.2) is 30.6 Å². The van der Waals surface area contributed by atoms with Gasteiger partial charge in [0.2, 0.25) is 5.91 Å². The van der Waals surface area contributed by atoms with E-state index in [1.165, 1.54) is 13.2 Å². The Hall–Kier alpha value is -2.96. The Labute approximate surface area is 149 Å². The van der Waals surface area contributed by atoms with E-state index in [-0.39, 0.29) is 24.9 Å². The molecule has 5 nitrogen and oxygen atoms in total. The minimum Gasteiger partial charge on any atom is -0.496 e. The van der Waals surface area contributed by atoms with Gasteiger partial charge in [-0.25, -0.2) is 8.78 Å². The van der Waals surface area contributed by atoms with Crippen LogP contribution in [0.3, 0.4) is 0 Å². The maximum Gasteiger partial charge on any atom is 0.308 e. The quantitative estimate of drug-likeness (QED) is 0.756. The van der Waals surface area contributed by atoms with Crippen molar-refractivity contribution in [2.45, 2.75) is 12.8 Å². The molecular formula is C19H19F2NO4. The molecule has 0 aliphatic carbocycles. The number of aliphatic carboxylic acids is 1. The van der Waals surface area contributed by atoms with Gasteiger partial charge in [-0.2, -0.15) is 0 Å². The molecule has 2 N–H and O–H groups in total. The summed E-state index contributed by atoms with van der Waals surface area (Å²) in [5, 5.41) is 11.9. The third-order valence-corrected chi connectivity index (χ3v) is 3.92. The Bertz CT molecular complexity index is 795. The third-order valence-electron chi connectivity index (χ3n) is 3.92. The summed E-state index contributed by atoms with van der Waals surface area (Å²) in [6.07, 6.45) is -0.127. The van der Waals surface area contributed by atoms with Crippen molar-refractivity contribution < 1.29 is 28.2 Å². The number of rotatable bonds is 8. The molecule has 0 heterocycles. The molecule has 0 aliphatic heterocycles. The van der Waals surface area contributed by atoms with Crippen molar-refractivity contribution in [1.29, 1.82) is 0 Å². The summed E-state index contributed by atoms with van der Waals surface area (Å²) in [5.74, 6) is -3.45.